The number of nitrogens with two attached hydrogens (primary N) is 1. The summed E-state index contributed by atoms with van der Waals surface area (Å²) in [5.74, 6) is 1.64. The number of carbonyl (C=O) groups excluding carboxylic acids is 1. The van der Waals surface area contributed by atoms with Gasteiger partial charge in [0.15, 0.2) is 0 Å². The highest BCUT2D eigenvalue weighted by molar-refractivity contribution is 5.95. The van der Waals surface area contributed by atoms with Crippen molar-refractivity contribution in [3.05, 3.63) is 30.1 Å². The molecule has 2 N–H and O–H groups in total. The van der Waals surface area contributed by atoms with Crippen LogP contribution < -0.4 is 10.6 Å². The average molecular weight is 276 g/mol. The van der Waals surface area contributed by atoms with Gasteiger partial charge in [-0.3, -0.25) is 4.79 Å². The molecule has 108 valence electrons. The summed E-state index contributed by atoms with van der Waals surface area (Å²) < 4.78 is 13.0. The topological polar surface area (TPSA) is 46.3 Å². The minimum absolute atomic E-state index is 0.154. The maximum absolute atomic E-state index is 13.0. The normalized spacial score (nSPS) is 27.2. The van der Waals surface area contributed by atoms with Gasteiger partial charge in [-0.2, -0.15) is 0 Å². The molecule has 2 unspecified atom stereocenters. The Morgan fingerprint density at radius 1 is 1.20 bits per heavy atom. The SMILES string of the molecule is NCCCN(C(=O)C1CC2CC2C1)c1ccc(F)cc1. The Hall–Kier alpha value is -1.42. The fraction of sp³-hybridized carbons (Fsp3) is 0.562. The van der Waals surface area contributed by atoms with E-state index in [1.165, 1.54) is 18.6 Å². The van der Waals surface area contributed by atoms with Crippen LogP contribution in [0.1, 0.15) is 25.7 Å². The molecular formula is C16H21FN2O. The van der Waals surface area contributed by atoms with Gasteiger partial charge in [-0.05, 0) is 68.3 Å². The van der Waals surface area contributed by atoms with Crippen molar-refractivity contribution in [2.24, 2.45) is 23.5 Å². The van der Waals surface area contributed by atoms with Crippen LogP contribution in [0.25, 0.3) is 0 Å². The number of hydrogen-bond donors (Lipinski definition) is 1. The lowest BCUT2D eigenvalue weighted by molar-refractivity contribution is -0.122. The Balaban J connectivity index is 1.74. The molecule has 0 bridgehead atoms. The molecule has 2 saturated carbocycles. The van der Waals surface area contributed by atoms with Gasteiger partial charge in [-0.25, -0.2) is 4.39 Å². The number of hydrogen-bond acceptors (Lipinski definition) is 2. The lowest BCUT2D eigenvalue weighted by atomic mass is 10.0. The number of benzene rings is 1. The van der Waals surface area contributed by atoms with Crippen LogP contribution in [-0.2, 0) is 4.79 Å². The lowest BCUT2D eigenvalue weighted by Crippen LogP contribution is -2.37. The smallest absolute Gasteiger partial charge is 0.230 e. The van der Waals surface area contributed by atoms with Crippen molar-refractivity contribution in [3.8, 4) is 0 Å². The van der Waals surface area contributed by atoms with Crippen LogP contribution in [0.5, 0.6) is 0 Å². The standard InChI is InChI=1S/C16H21FN2O/c17-14-2-4-15(5-3-14)19(7-1-6-18)16(20)13-9-11-8-12(11)10-13/h2-5,11-13H,1,6-10,18H2. The first-order valence-corrected chi connectivity index (χ1v) is 7.46. The molecule has 0 radical (unpaired) electrons. The molecule has 2 atom stereocenters. The molecule has 0 spiro atoms. The summed E-state index contributed by atoms with van der Waals surface area (Å²) >= 11 is 0. The first-order chi connectivity index (χ1) is 9.69. The first-order valence-electron chi connectivity index (χ1n) is 7.46. The highest BCUT2D eigenvalue weighted by atomic mass is 19.1. The monoisotopic (exact) mass is 276 g/mol. The number of fused-ring (bicyclic) bond motifs is 1. The van der Waals surface area contributed by atoms with E-state index in [2.05, 4.69) is 0 Å². The van der Waals surface area contributed by atoms with Crippen LogP contribution in [0.15, 0.2) is 24.3 Å². The second-order valence-electron chi connectivity index (χ2n) is 6.03. The van der Waals surface area contributed by atoms with Gasteiger partial charge in [0, 0.05) is 18.2 Å². The molecule has 0 aromatic heterocycles. The van der Waals surface area contributed by atoms with Gasteiger partial charge in [0.1, 0.15) is 5.82 Å². The van der Waals surface area contributed by atoms with E-state index in [9.17, 15) is 9.18 Å². The fourth-order valence-electron chi connectivity index (χ4n) is 3.37. The van der Waals surface area contributed by atoms with E-state index >= 15 is 0 Å². The van der Waals surface area contributed by atoms with Crippen LogP contribution in [0.3, 0.4) is 0 Å². The molecular weight excluding hydrogens is 255 g/mol. The zero-order valence-corrected chi connectivity index (χ0v) is 11.6. The minimum atomic E-state index is -0.276. The summed E-state index contributed by atoms with van der Waals surface area (Å²) in [5.41, 5.74) is 6.35. The third-order valence-corrected chi connectivity index (χ3v) is 4.58. The fourth-order valence-corrected chi connectivity index (χ4v) is 3.37. The second kappa shape index (κ2) is 5.52. The molecule has 2 fully saturated rings. The lowest BCUT2D eigenvalue weighted by Gasteiger charge is -2.26. The second-order valence-corrected chi connectivity index (χ2v) is 6.03. The molecule has 0 heterocycles. The van der Waals surface area contributed by atoms with E-state index in [-0.39, 0.29) is 17.6 Å². The predicted molar refractivity (Wildman–Crippen MR) is 76.7 cm³/mol. The molecule has 1 aromatic carbocycles. The summed E-state index contributed by atoms with van der Waals surface area (Å²) in [6.45, 7) is 1.17. The molecule has 0 aliphatic heterocycles. The molecule has 4 heteroatoms. The third-order valence-electron chi connectivity index (χ3n) is 4.58. The molecule has 1 amide bonds. The van der Waals surface area contributed by atoms with Crippen molar-refractivity contribution < 1.29 is 9.18 Å². The van der Waals surface area contributed by atoms with Crippen LogP contribution in [0.4, 0.5) is 10.1 Å². The Morgan fingerprint density at radius 3 is 2.45 bits per heavy atom. The predicted octanol–water partition coefficient (Wildman–Crippen LogP) is 2.55. The van der Waals surface area contributed by atoms with E-state index in [0.29, 0.717) is 13.1 Å². The third kappa shape index (κ3) is 2.70. The van der Waals surface area contributed by atoms with Crippen LogP contribution in [0.2, 0.25) is 0 Å². The van der Waals surface area contributed by atoms with Gasteiger partial charge in [-0.1, -0.05) is 0 Å². The van der Waals surface area contributed by atoms with Crippen molar-refractivity contribution >= 4 is 11.6 Å². The summed E-state index contributed by atoms with van der Waals surface area (Å²) in [4.78, 5) is 14.5. The molecule has 3 nitrogen and oxygen atoms in total. The van der Waals surface area contributed by atoms with Gasteiger partial charge < -0.3 is 10.6 Å². The Morgan fingerprint density at radius 2 is 1.85 bits per heavy atom. The maximum Gasteiger partial charge on any atom is 0.230 e. The maximum atomic E-state index is 13.0. The Bertz CT molecular complexity index is 478. The summed E-state index contributed by atoms with van der Waals surface area (Å²) in [6.07, 6.45) is 4.14. The average Bonchev–Trinajstić information content (AvgIpc) is 3.07. The van der Waals surface area contributed by atoms with E-state index in [0.717, 1.165) is 36.8 Å². The number of carbonyl (C=O) groups is 1. The van der Waals surface area contributed by atoms with E-state index < -0.39 is 0 Å². The molecule has 2 aliphatic carbocycles. The van der Waals surface area contributed by atoms with Crippen molar-refractivity contribution in [2.75, 3.05) is 18.0 Å². The van der Waals surface area contributed by atoms with E-state index in [1.807, 2.05) is 0 Å². The molecule has 1 aromatic rings. The number of amides is 1. The van der Waals surface area contributed by atoms with E-state index in [1.54, 1.807) is 17.0 Å². The number of rotatable bonds is 5. The van der Waals surface area contributed by atoms with Gasteiger partial charge >= 0.3 is 0 Å². The molecule has 2 aliphatic rings. The highest BCUT2D eigenvalue weighted by Gasteiger charge is 2.48. The highest BCUT2D eigenvalue weighted by Crippen LogP contribution is 2.54. The Kier molecular flexibility index (Phi) is 3.74. The van der Waals surface area contributed by atoms with Gasteiger partial charge in [0.2, 0.25) is 5.91 Å². The quantitative estimate of drug-likeness (QED) is 0.898. The number of nitrogens with zero attached hydrogens (tertiary/aromatic N) is 1. The summed E-state index contributed by atoms with van der Waals surface area (Å²) in [6, 6.07) is 6.17. The Labute approximate surface area is 118 Å². The first kappa shape index (κ1) is 13.6. The molecule has 0 saturated heterocycles. The molecule has 20 heavy (non-hydrogen) atoms. The summed E-state index contributed by atoms with van der Waals surface area (Å²) in [5, 5.41) is 0. The minimum Gasteiger partial charge on any atom is -0.330 e. The summed E-state index contributed by atoms with van der Waals surface area (Å²) in [7, 11) is 0. The van der Waals surface area contributed by atoms with Gasteiger partial charge in [0.25, 0.3) is 0 Å². The van der Waals surface area contributed by atoms with Crippen molar-refractivity contribution in [3.63, 3.8) is 0 Å². The van der Waals surface area contributed by atoms with Crippen molar-refractivity contribution in [2.45, 2.75) is 25.7 Å². The van der Waals surface area contributed by atoms with Crippen LogP contribution >= 0.6 is 0 Å². The zero-order valence-electron chi connectivity index (χ0n) is 11.6. The largest absolute Gasteiger partial charge is 0.330 e. The number of anilines is 1. The van der Waals surface area contributed by atoms with Crippen LogP contribution in [0, 0.1) is 23.6 Å². The number of halogens is 1. The van der Waals surface area contributed by atoms with Crippen molar-refractivity contribution in [1.29, 1.82) is 0 Å². The zero-order chi connectivity index (χ0) is 14.1. The van der Waals surface area contributed by atoms with Crippen LogP contribution in [-0.4, -0.2) is 19.0 Å². The van der Waals surface area contributed by atoms with Crippen molar-refractivity contribution in [1.82, 2.24) is 0 Å². The molecule has 3 rings (SSSR count). The van der Waals surface area contributed by atoms with E-state index in [4.69, 9.17) is 5.73 Å². The van der Waals surface area contributed by atoms with Gasteiger partial charge in [0.05, 0.1) is 0 Å². The van der Waals surface area contributed by atoms with Gasteiger partial charge in [-0.15, -0.1) is 0 Å².